The molecule has 3 heteroatoms. The molecule has 19 heavy (non-hydrogen) atoms. The van der Waals surface area contributed by atoms with Gasteiger partial charge < -0.3 is 10.2 Å². The van der Waals surface area contributed by atoms with Crippen LogP contribution < -0.4 is 5.32 Å². The molecule has 2 nitrogen and oxygen atoms in total. The standard InChI is InChI=1S/C16H27BrN2/c1-6-16(3,19(4)5)15(18-7-2)12-13-10-8-9-11-14(13)17/h8-11,15,18H,6-7,12H2,1-5H3. The summed E-state index contributed by atoms with van der Waals surface area (Å²) < 4.78 is 1.20. The van der Waals surface area contributed by atoms with Crippen LogP contribution in [0, 0.1) is 0 Å². The summed E-state index contributed by atoms with van der Waals surface area (Å²) in [6, 6.07) is 8.96. The summed E-state index contributed by atoms with van der Waals surface area (Å²) in [5, 5.41) is 3.67. The van der Waals surface area contributed by atoms with Crippen molar-refractivity contribution in [1.82, 2.24) is 10.2 Å². The summed E-state index contributed by atoms with van der Waals surface area (Å²) in [6.07, 6.45) is 2.17. The van der Waals surface area contributed by atoms with E-state index in [0.29, 0.717) is 6.04 Å². The van der Waals surface area contributed by atoms with Crippen molar-refractivity contribution >= 4 is 15.9 Å². The topological polar surface area (TPSA) is 15.3 Å². The van der Waals surface area contributed by atoms with Crippen LogP contribution in [0.1, 0.15) is 32.8 Å². The molecule has 0 heterocycles. The van der Waals surface area contributed by atoms with Gasteiger partial charge in [-0.15, -0.1) is 0 Å². The number of hydrogen-bond acceptors (Lipinski definition) is 2. The lowest BCUT2D eigenvalue weighted by atomic mass is 9.84. The van der Waals surface area contributed by atoms with Crippen LogP contribution in [0.25, 0.3) is 0 Å². The molecule has 0 radical (unpaired) electrons. The number of halogens is 1. The van der Waals surface area contributed by atoms with Gasteiger partial charge in [0, 0.05) is 16.1 Å². The van der Waals surface area contributed by atoms with Gasteiger partial charge in [0.05, 0.1) is 0 Å². The smallest absolute Gasteiger partial charge is 0.0328 e. The Bertz CT molecular complexity index is 392. The Labute approximate surface area is 126 Å². The van der Waals surface area contributed by atoms with E-state index >= 15 is 0 Å². The first-order valence-corrected chi connectivity index (χ1v) is 7.89. The molecule has 1 N–H and O–H groups in total. The number of likely N-dealkylation sites (N-methyl/N-ethyl adjacent to an activating group) is 2. The Morgan fingerprint density at radius 2 is 1.89 bits per heavy atom. The fourth-order valence-electron chi connectivity index (χ4n) is 2.52. The van der Waals surface area contributed by atoms with Gasteiger partial charge >= 0.3 is 0 Å². The molecule has 0 bridgehead atoms. The van der Waals surface area contributed by atoms with Crippen molar-refractivity contribution in [2.75, 3.05) is 20.6 Å². The normalized spacial score (nSPS) is 16.4. The minimum atomic E-state index is 0.158. The lowest BCUT2D eigenvalue weighted by Gasteiger charge is -2.43. The molecule has 0 saturated carbocycles. The van der Waals surface area contributed by atoms with E-state index in [1.165, 1.54) is 10.0 Å². The molecule has 0 amide bonds. The van der Waals surface area contributed by atoms with Crippen LogP contribution in [-0.4, -0.2) is 37.1 Å². The molecule has 108 valence electrons. The molecule has 0 spiro atoms. The molecule has 0 saturated heterocycles. The second-order valence-corrected chi connectivity index (χ2v) is 6.37. The fourth-order valence-corrected chi connectivity index (χ4v) is 2.96. The van der Waals surface area contributed by atoms with Crippen molar-refractivity contribution in [1.29, 1.82) is 0 Å². The van der Waals surface area contributed by atoms with Gasteiger partial charge in [0.25, 0.3) is 0 Å². The maximum Gasteiger partial charge on any atom is 0.0328 e. The minimum Gasteiger partial charge on any atom is -0.312 e. The predicted molar refractivity (Wildman–Crippen MR) is 87.7 cm³/mol. The molecule has 0 aliphatic carbocycles. The van der Waals surface area contributed by atoms with Gasteiger partial charge in [0.2, 0.25) is 0 Å². The minimum absolute atomic E-state index is 0.158. The summed E-state index contributed by atoms with van der Waals surface area (Å²) in [4.78, 5) is 2.34. The fraction of sp³-hybridized carbons (Fsp3) is 0.625. The van der Waals surface area contributed by atoms with E-state index in [2.05, 4.69) is 85.3 Å². The SMILES string of the molecule is CCNC(Cc1ccccc1Br)C(C)(CC)N(C)C. The van der Waals surface area contributed by atoms with Crippen molar-refractivity contribution in [2.45, 2.75) is 45.2 Å². The Kier molecular flexibility index (Phi) is 6.51. The largest absolute Gasteiger partial charge is 0.312 e. The second kappa shape index (κ2) is 7.41. The van der Waals surface area contributed by atoms with Gasteiger partial charge in [0.15, 0.2) is 0 Å². The molecule has 1 rings (SSSR count). The van der Waals surface area contributed by atoms with Crippen LogP contribution in [0.4, 0.5) is 0 Å². The number of hydrogen-bond donors (Lipinski definition) is 1. The lowest BCUT2D eigenvalue weighted by Crippen LogP contribution is -2.57. The first-order valence-electron chi connectivity index (χ1n) is 7.09. The van der Waals surface area contributed by atoms with E-state index in [1.807, 2.05) is 0 Å². The Morgan fingerprint density at radius 3 is 2.37 bits per heavy atom. The average molecular weight is 327 g/mol. The third kappa shape index (κ3) is 4.04. The van der Waals surface area contributed by atoms with Gasteiger partial charge in [-0.2, -0.15) is 0 Å². The Morgan fingerprint density at radius 1 is 1.26 bits per heavy atom. The maximum absolute atomic E-state index is 3.67. The predicted octanol–water partition coefficient (Wildman–Crippen LogP) is 3.70. The zero-order valence-electron chi connectivity index (χ0n) is 12.8. The van der Waals surface area contributed by atoms with E-state index in [4.69, 9.17) is 0 Å². The molecule has 0 fully saturated rings. The van der Waals surface area contributed by atoms with Crippen molar-refractivity contribution in [3.63, 3.8) is 0 Å². The van der Waals surface area contributed by atoms with Crippen molar-refractivity contribution in [2.24, 2.45) is 0 Å². The van der Waals surface area contributed by atoms with Crippen LogP contribution in [-0.2, 0) is 6.42 Å². The zero-order valence-corrected chi connectivity index (χ0v) is 14.4. The van der Waals surface area contributed by atoms with Crippen LogP contribution in [0.15, 0.2) is 28.7 Å². The lowest BCUT2D eigenvalue weighted by molar-refractivity contribution is 0.113. The Balaban J connectivity index is 2.98. The molecule has 0 aromatic heterocycles. The molecule has 2 unspecified atom stereocenters. The van der Waals surface area contributed by atoms with E-state index in [9.17, 15) is 0 Å². The number of nitrogens with one attached hydrogen (secondary N) is 1. The average Bonchev–Trinajstić information content (AvgIpc) is 2.39. The summed E-state index contributed by atoms with van der Waals surface area (Å²) in [5.74, 6) is 0. The monoisotopic (exact) mass is 326 g/mol. The second-order valence-electron chi connectivity index (χ2n) is 5.51. The van der Waals surface area contributed by atoms with Gasteiger partial charge in [-0.05, 0) is 52.0 Å². The van der Waals surface area contributed by atoms with E-state index in [1.54, 1.807) is 0 Å². The number of nitrogens with zero attached hydrogens (tertiary/aromatic N) is 1. The summed E-state index contributed by atoms with van der Waals surface area (Å²) in [5.41, 5.74) is 1.53. The van der Waals surface area contributed by atoms with Crippen molar-refractivity contribution in [3.8, 4) is 0 Å². The highest BCUT2D eigenvalue weighted by atomic mass is 79.9. The molecule has 1 aromatic rings. The quantitative estimate of drug-likeness (QED) is 0.821. The number of benzene rings is 1. The first-order chi connectivity index (χ1) is 8.95. The number of rotatable bonds is 7. The first kappa shape index (κ1) is 16.7. The molecule has 2 atom stereocenters. The van der Waals surface area contributed by atoms with Crippen LogP contribution >= 0.6 is 15.9 Å². The molecular formula is C16H27BrN2. The van der Waals surface area contributed by atoms with Crippen LogP contribution in [0.2, 0.25) is 0 Å². The summed E-state index contributed by atoms with van der Waals surface area (Å²) in [7, 11) is 4.35. The van der Waals surface area contributed by atoms with Gasteiger partial charge in [-0.1, -0.05) is 48.0 Å². The van der Waals surface area contributed by atoms with Gasteiger partial charge in [-0.3, -0.25) is 0 Å². The van der Waals surface area contributed by atoms with Crippen molar-refractivity contribution < 1.29 is 0 Å². The molecule has 1 aromatic carbocycles. The van der Waals surface area contributed by atoms with E-state index in [-0.39, 0.29) is 5.54 Å². The zero-order chi connectivity index (χ0) is 14.5. The Hall–Kier alpha value is -0.380. The van der Waals surface area contributed by atoms with E-state index < -0.39 is 0 Å². The third-order valence-electron chi connectivity index (χ3n) is 4.32. The molecule has 0 aliphatic heterocycles. The highest BCUT2D eigenvalue weighted by molar-refractivity contribution is 9.10. The molecule has 0 aliphatic rings. The highest BCUT2D eigenvalue weighted by Gasteiger charge is 2.34. The summed E-state index contributed by atoms with van der Waals surface area (Å²) in [6.45, 7) is 7.79. The van der Waals surface area contributed by atoms with Crippen LogP contribution in [0.5, 0.6) is 0 Å². The van der Waals surface area contributed by atoms with Crippen LogP contribution in [0.3, 0.4) is 0 Å². The van der Waals surface area contributed by atoms with Crippen molar-refractivity contribution in [3.05, 3.63) is 34.3 Å². The van der Waals surface area contributed by atoms with E-state index in [0.717, 1.165) is 19.4 Å². The maximum atomic E-state index is 3.67. The van der Waals surface area contributed by atoms with Gasteiger partial charge in [-0.25, -0.2) is 0 Å². The highest BCUT2D eigenvalue weighted by Crippen LogP contribution is 2.26. The summed E-state index contributed by atoms with van der Waals surface area (Å²) >= 11 is 3.66. The van der Waals surface area contributed by atoms with Gasteiger partial charge in [0.1, 0.15) is 0 Å². The molecular weight excluding hydrogens is 300 g/mol. The third-order valence-corrected chi connectivity index (χ3v) is 5.09.